The van der Waals surface area contributed by atoms with Crippen molar-refractivity contribution < 1.29 is 24.2 Å². The molecule has 1 N–H and O–H groups in total. The fourth-order valence-electron chi connectivity index (χ4n) is 7.68. The van der Waals surface area contributed by atoms with E-state index in [-0.39, 0.29) is 29.6 Å². The summed E-state index contributed by atoms with van der Waals surface area (Å²) < 4.78 is 4.75. The van der Waals surface area contributed by atoms with Gasteiger partial charge in [-0.2, -0.15) is 0 Å². The summed E-state index contributed by atoms with van der Waals surface area (Å²) in [6, 6.07) is 12.8. The first kappa shape index (κ1) is 31.4. The number of carbonyl (C=O) groups excluding carboxylic acids is 3. The van der Waals surface area contributed by atoms with Gasteiger partial charge < -0.3 is 24.5 Å². The highest BCUT2D eigenvalue weighted by Gasteiger charge is 2.71. The molecule has 2 saturated heterocycles. The highest BCUT2D eigenvalue weighted by Crippen LogP contribution is 2.61. The number of fused-ring (bicyclic) bond motifs is 2. The Labute approximate surface area is 270 Å². The number of aryl methyl sites for hydroxylation is 2. The molecular formula is C36H43N3O5S. The molecule has 0 aliphatic carbocycles. The summed E-state index contributed by atoms with van der Waals surface area (Å²) in [5.74, 6) is -0.804. The average Bonchev–Trinajstić information content (AvgIpc) is 3.33. The second-order valence-electron chi connectivity index (χ2n) is 12.4. The van der Waals surface area contributed by atoms with E-state index in [0.717, 1.165) is 47.5 Å². The van der Waals surface area contributed by atoms with E-state index in [9.17, 15) is 19.5 Å². The Morgan fingerprint density at radius 3 is 2.31 bits per heavy atom. The number of carbonyl (C=O) groups is 3. The van der Waals surface area contributed by atoms with E-state index in [1.165, 1.54) is 0 Å². The van der Waals surface area contributed by atoms with E-state index < -0.39 is 22.6 Å². The van der Waals surface area contributed by atoms with Crippen LogP contribution in [0.4, 0.5) is 11.4 Å². The number of thioether (sulfide) groups is 1. The molecule has 5 atom stereocenters. The molecule has 238 valence electrons. The number of nitrogens with zero attached hydrogens (tertiary/aromatic N) is 3. The Bertz CT molecular complexity index is 1490. The van der Waals surface area contributed by atoms with E-state index in [4.69, 9.17) is 4.74 Å². The van der Waals surface area contributed by atoms with Crippen molar-refractivity contribution in [3.63, 3.8) is 0 Å². The van der Waals surface area contributed by atoms with E-state index >= 15 is 0 Å². The molecule has 4 aliphatic rings. The molecule has 2 fully saturated rings. The first-order chi connectivity index (χ1) is 21.8. The molecular weight excluding hydrogens is 586 g/mol. The minimum Gasteiger partial charge on any atom is -0.494 e. The number of benzene rings is 2. The largest absolute Gasteiger partial charge is 0.494 e. The highest BCUT2D eigenvalue weighted by atomic mass is 32.2. The van der Waals surface area contributed by atoms with Crippen molar-refractivity contribution in [2.24, 2.45) is 11.8 Å². The van der Waals surface area contributed by atoms with Crippen molar-refractivity contribution in [2.75, 3.05) is 42.6 Å². The van der Waals surface area contributed by atoms with Crippen LogP contribution in [-0.4, -0.2) is 76.6 Å². The van der Waals surface area contributed by atoms with Gasteiger partial charge in [-0.05, 0) is 69.0 Å². The first-order valence-corrected chi connectivity index (χ1v) is 17.1. The van der Waals surface area contributed by atoms with Gasteiger partial charge in [0.25, 0.3) is 5.91 Å². The number of anilines is 2. The van der Waals surface area contributed by atoms with Crippen molar-refractivity contribution in [3.8, 4) is 5.75 Å². The van der Waals surface area contributed by atoms with Gasteiger partial charge in [-0.25, -0.2) is 0 Å². The molecule has 0 radical (unpaired) electrons. The molecule has 6 rings (SSSR count). The molecule has 8 nitrogen and oxygen atoms in total. The second kappa shape index (κ2) is 13.0. The van der Waals surface area contributed by atoms with Gasteiger partial charge in [0, 0.05) is 42.9 Å². The van der Waals surface area contributed by atoms with E-state index in [1.807, 2.05) is 80.3 Å². The maximum absolute atomic E-state index is 14.8. The highest BCUT2D eigenvalue weighted by molar-refractivity contribution is 8.02. The van der Waals surface area contributed by atoms with Crippen LogP contribution in [0.5, 0.6) is 5.75 Å². The predicted molar refractivity (Wildman–Crippen MR) is 179 cm³/mol. The van der Waals surface area contributed by atoms with Crippen molar-refractivity contribution >= 4 is 40.9 Å². The van der Waals surface area contributed by atoms with Gasteiger partial charge in [0.2, 0.25) is 11.8 Å². The molecule has 9 heteroatoms. The van der Waals surface area contributed by atoms with Crippen LogP contribution in [0.15, 0.2) is 66.8 Å². The monoisotopic (exact) mass is 629 g/mol. The van der Waals surface area contributed by atoms with Crippen LogP contribution in [0, 0.1) is 25.7 Å². The lowest BCUT2D eigenvalue weighted by Crippen LogP contribution is -2.53. The fraction of sp³-hybridized carbons (Fsp3) is 0.472. The first-order valence-electron chi connectivity index (χ1n) is 16.2. The molecule has 2 aromatic rings. The van der Waals surface area contributed by atoms with Crippen molar-refractivity contribution in [3.05, 3.63) is 77.9 Å². The minimum absolute atomic E-state index is 0.0860. The van der Waals surface area contributed by atoms with Crippen LogP contribution < -0.4 is 14.5 Å². The number of aliphatic hydroxyl groups excluding tert-OH is 1. The lowest BCUT2D eigenvalue weighted by molar-refractivity contribution is -0.138. The van der Waals surface area contributed by atoms with E-state index in [1.54, 1.807) is 21.6 Å². The minimum atomic E-state index is -0.859. The summed E-state index contributed by atoms with van der Waals surface area (Å²) in [6.45, 7) is 7.94. The molecule has 0 aromatic heterocycles. The maximum atomic E-state index is 14.8. The fourth-order valence-corrected chi connectivity index (χ4v) is 9.68. The van der Waals surface area contributed by atoms with Gasteiger partial charge in [-0.15, -0.1) is 11.8 Å². The molecule has 4 heterocycles. The number of ether oxygens (including phenoxy) is 1. The smallest absolute Gasteiger partial charge is 0.251 e. The lowest BCUT2D eigenvalue weighted by atomic mass is 9.78. The van der Waals surface area contributed by atoms with Gasteiger partial charge >= 0.3 is 0 Å². The molecule has 1 unspecified atom stereocenters. The standard InChI is InChI=1S/C36H43N3O5S/c1-4-44-27-17-15-26(16-18-27)37-21-10-14-28-29(33(37)41)30-34(42)39(20-7-5-6-8-23-40)32-35(43)38(22-11-19-36(30,32)45-28)31-24(2)12-9-13-25(31)3/h9-19,28-30,32,40H,4-8,20-23H2,1-3H3/t28-,29+,30-,32?,36-/m0/s1. The van der Waals surface area contributed by atoms with Gasteiger partial charge in [0.1, 0.15) is 11.8 Å². The summed E-state index contributed by atoms with van der Waals surface area (Å²) in [7, 11) is 0. The number of hydrogen-bond acceptors (Lipinski definition) is 6. The SMILES string of the molecule is CCOc1ccc(N2CC=C[C@@H]3S[C@]45C=CCN(c6c(C)cccc6C)C(=O)C4N(CCCCCCO)C(=O)[C@@H]5[C@@H]3C2=O)cc1. The molecule has 45 heavy (non-hydrogen) atoms. The summed E-state index contributed by atoms with van der Waals surface area (Å²) in [5.41, 5.74) is 3.67. The van der Waals surface area contributed by atoms with Crippen LogP contribution in [0.3, 0.4) is 0 Å². The third kappa shape index (κ3) is 5.48. The average molecular weight is 630 g/mol. The number of hydrogen-bond donors (Lipinski definition) is 1. The van der Waals surface area contributed by atoms with Crippen molar-refractivity contribution in [1.82, 2.24) is 4.90 Å². The Balaban J connectivity index is 1.38. The number of amides is 3. The van der Waals surface area contributed by atoms with Gasteiger partial charge in [0.05, 0.1) is 23.2 Å². The third-order valence-electron chi connectivity index (χ3n) is 9.63. The Morgan fingerprint density at radius 1 is 0.889 bits per heavy atom. The topological polar surface area (TPSA) is 90.4 Å². The number of likely N-dealkylation sites (tertiary alicyclic amines) is 1. The van der Waals surface area contributed by atoms with Crippen LogP contribution in [0.1, 0.15) is 43.7 Å². The summed E-state index contributed by atoms with van der Waals surface area (Å²) >= 11 is 1.61. The van der Waals surface area contributed by atoms with Crippen LogP contribution in [-0.2, 0) is 14.4 Å². The van der Waals surface area contributed by atoms with E-state index in [0.29, 0.717) is 32.7 Å². The van der Waals surface area contributed by atoms with E-state index in [2.05, 4.69) is 12.2 Å². The van der Waals surface area contributed by atoms with Crippen molar-refractivity contribution in [1.29, 1.82) is 0 Å². The zero-order chi connectivity index (χ0) is 31.7. The van der Waals surface area contributed by atoms with Gasteiger partial charge in [0.15, 0.2) is 0 Å². The Hall–Kier alpha value is -3.56. The molecule has 0 bridgehead atoms. The zero-order valence-corrected chi connectivity index (χ0v) is 27.2. The maximum Gasteiger partial charge on any atom is 0.251 e. The van der Waals surface area contributed by atoms with Crippen LogP contribution in [0.2, 0.25) is 0 Å². The van der Waals surface area contributed by atoms with Gasteiger partial charge in [-0.1, -0.05) is 55.3 Å². The Morgan fingerprint density at radius 2 is 1.60 bits per heavy atom. The van der Waals surface area contributed by atoms with Crippen LogP contribution >= 0.6 is 11.8 Å². The lowest BCUT2D eigenvalue weighted by Gasteiger charge is -2.36. The number of unbranched alkanes of at least 4 members (excludes halogenated alkanes) is 3. The third-order valence-corrected chi connectivity index (χ3v) is 11.4. The molecule has 2 aromatic carbocycles. The molecule has 4 aliphatic heterocycles. The zero-order valence-electron chi connectivity index (χ0n) is 26.4. The Kier molecular flexibility index (Phi) is 9.11. The second-order valence-corrected chi connectivity index (χ2v) is 13.9. The van der Waals surface area contributed by atoms with Crippen LogP contribution in [0.25, 0.3) is 0 Å². The summed E-state index contributed by atoms with van der Waals surface area (Å²) in [5, 5.41) is 9.03. The van der Waals surface area contributed by atoms with Crippen molar-refractivity contribution in [2.45, 2.75) is 62.5 Å². The molecule has 3 amide bonds. The summed E-state index contributed by atoms with van der Waals surface area (Å²) in [6.07, 6.45) is 11.4. The molecule has 0 saturated carbocycles. The quantitative estimate of drug-likeness (QED) is 0.292. The predicted octanol–water partition coefficient (Wildman–Crippen LogP) is 5.06. The number of rotatable bonds is 10. The van der Waals surface area contributed by atoms with Gasteiger partial charge in [-0.3, -0.25) is 14.4 Å². The number of para-hydroxylation sites is 1. The summed E-state index contributed by atoms with van der Waals surface area (Å²) in [4.78, 5) is 49.3. The molecule has 1 spiro atoms. The number of aliphatic hydroxyl groups is 1. The normalized spacial score (nSPS) is 27.4.